The van der Waals surface area contributed by atoms with Gasteiger partial charge in [0.1, 0.15) is 0 Å². The van der Waals surface area contributed by atoms with Crippen LogP contribution in [0, 0.1) is 5.92 Å². The Balaban J connectivity index is 2.70. The summed E-state index contributed by atoms with van der Waals surface area (Å²) >= 11 is 2.02. The van der Waals surface area contributed by atoms with Crippen LogP contribution >= 0.6 is 11.8 Å². The molecule has 1 aliphatic rings. The third-order valence-electron chi connectivity index (χ3n) is 2.66. The highest BCUT2D eigenvalue weighted by atomic mass is 32.2. The van der Waals surface area contributed by atoms with Crippen molar-refractivity contribution in [2.24, 2.45) is 5.92 Å². The van der Waals surface area contributed by atoms with Crippen LogP contribution in [0.2, 0.25) is 0 Å². The van der Waals surface area contributed by atoms with Gasteiger partial charge in [-0.3, -0.25) is 0 Å². The molecule has 1 nitrogen and oxygen atoms in total. The van der Waals surface area contributed by atoms with E-state index < -0.39 is 0 Å². The van der Waals surface area contributed by atoms with Gasteiger partial charge in [-0.2, -0.15) is 11.8 Å². The van der Waals surface area contributed by atoms with Crippen LogP contribution < -0.4 is 0 Å². The summed E-state index contributed by atoms with van der Waals surface area (Å²) in [7, 11) is 0. The van der Waals surface area contributed by atoms with E-state index in [0.717, 1.165) is 0 Å². The van der Waals surface area contributed by atoms with Crippen molar-refractivity contribution in [3.8, 4) is 0 Å². The monoisotopic (exact) mass is 200 g/mol. The first-order valence-electron chi connectivity index (χ1n) is 5.04. The van der Waals surface area contributed by atoms with Crippen LogP contribution in [0.4, 0.5) is 0 Å². The molecular formula is C11H20OS. The Morgan fingerprint density at radius 2 is 2.31 bits per heavy atom. The molecule has 2 heteroatoms. The third-order valence-corrected chi connectivity index (χ3v) is 4.14. The van der Waals surface area contributed by atoms with E-state index in [-0.39, 0.29) is 6.61 Å². The molecule has 0 amide bonds. The Hall–Kier alpha value is 0.0500. The Bertz CT molecular complexity index is 190. The van der Waals surface area contributed by atoms with Gasteiger partial charge in [0.15, 0.2) is 0 Å². The van der Waals surface area contributed by atoms with Crippen LogP contribution in [-0.2, 0) is 0 Å². The molecule has 1 atom stereocenters. The first-order valence-corrected chi connectivity index (χ1v) is 6.02. The second-order valence-corrected chi connectivity index (χ2v) is 5.93. The normalized spacial score (nSPS) is 30.1. The van der Waals surface area contributed by atoms with E-state index in [4.69, 9.17) is 0 Å². The largest absolute Gasteiger partial charge is 0.392 e. The fourth-order valence-electron chi connectivity index (χ4n) is 1.70. The number of hydrogen-bond acceptors (Lipinski definition) is 2. The van der Waals surface area contributed by atoms with Gasteiger partial charge in [0.05, 0.1) is 6.61 Å². The zero-order valence-corrected chi connectivity index (χ0v) is 9.66. The summed E-state index contributed by atoms with van der Waals surface area (Å²) < 4.78 is 0.294. The lowest BCUT2D eigenvalue weighted by Crippen LogP contribution is -2.15. The highest BCUT2D eigenvalue weighted by Gasteiger charge is 2.27. The van der Waals surface area contributed by atoms with Crippen LogP contribution in [0.3, 0.4) is 0 Å². The lowest BCUT2D eigenvalue weighted by molar-refractivity contribution is 0.317. The molecule has 0 aromatic carbocycles. The van der Waals surface area contributed by atoms with Crippen LogP contribution in [0.1, 0.15) is 33.6 Å². The van der Waals surface area contributed by atoms with Crippen molar-refractivity contribution in [3.05, 3.63) is 11.6 Å². The van der Waals surface area contributed by atoms with Gasteiger partial charge >= 0.3 is 0 Å². The second kappa shape index (κ2) is 4.52. The maximum Gasteiger partial charge on any atom is 0.0644 e. The maximum atomic E-state index is 9.19. The van der Waals surface area contributed by atoms with E-state index in [0.29, 0.717) is 10.7 Å². The number of hydrogen-bond donors (Lipinski definition) is 1. The maximum absolute atomic E-state index is 9.19. The van der Waals surface area contributed by atoms with Crippen LogP contribution in [-0.4, -0.2) is 22.2 Å². The standard InChI is InChI=1S/C11H20OS/c1-9(2)10(8-12)7-11(3)5-4-6-13-11/h7,9,12H,4-6,8H2,1-3H3/b10-7+. The average molecular weight is 200 g/mol. The Morgan fingerprint density at radius 1 is 1.62 bits per heavy atom. The molecule has 0 radical (unpaired) electrons. The van der Waals surface area contributed by atoms with Gasteiger partial charge < -0.3 is 5.11 Å². The Kier molecular flexibility index (Phi) is 3.87. The van der Waals surface area contributed by atoms with Gasteiger partial charge in [-0.15, -0.1) is 0 Å². The van der Waals surface area contributed by atoms with Crippen molar-refractivity contribution in [2.75, 3.05) is 12.4 Å². The van der Waals surface area contributed by atoms with Crippen molar-refractivity contribution < 1.29 is 5.11 Å². The van der Waals surface area contributed by atoms with Gasteiger partial charge in [-0.25, -0.2) is 0 Å². The molecule has 1 N–H and O–H groups in total. The Labute approximate surface area is 85.6 Å². The summed E-state index contributed by atoms with van der Waals surface area (Å²) in [4.78, 5) is 0. The van der Waals surface area contributed by atoms with Gasteiger partial charge in [0.2, 0.25) is 0 Å². The molecule has 0 bridgehead atoms. The fourth-order valence-corrected chi connectivity index (χ4v) is 2.98. The molecule has 0 saturated carbocycles. The van der Waals surface area contributed by atoms with E-state index in [1.54, 1.807) is 0 Å². The molecule has 0 aliphatic carbocycles. The summed E-state index contributed by atoms with van der Waals surface area (Å²) in [6.07, 6.45) is 4.86. The molecule has 1 heterocycles. The summed E-state index contributed by atoms with van der Waals surface area (Å²) in [5, 5.41) is 9.19. The predicted molar refractivity (Wildman–Crippen MR) is 60.1 cm³/mol. The summed E-state index contributed by atoms with van der Waals surface area (Å²) in [5.41, 5.74) is 1.19. The molecule has 0 spiro atoms. The highest BCUT2D eigenvalue weighted by Crippen LogP contribution is 2.40. The Morgan fingerprint density at radius 3 is 2.69 bits per heavy atom. The SMILES string of the molecule is CC(C)/C(=C/C1(C)CCCS1)CO. The molecule has 76 valence electrons. The van der Waals surface area contributed by atoms with Gasteiger partial charge in [-0.1, -0.05) is 19.9 Å². The van der Waals surface area contributed by atoms with E-state index >= 15 is 0 Å². The number of aliphatic hydroxyl groups is 1. The molecule has 1 unspecified atom stereocenters. The van der Waals surface area contributed by atoms with Crippen molar-refractivity contribution in [1.82, 2.24) is 0 Å². The fraction of sp³-hybridized carbons (Fsp3) is 0.818. The summed E-state index contributed by atoms with van der Waals surface area (Å²) in [5.74, 6) is 1.74. The second-order valence-electron chi connectivity index (χ2n) is 4.30. The lowest BCUT2D eigenvalue weighted by Gasteiger charge is -2.21. The van der Waals surface area contributed by atoms with Crippen LogP contribution in [0.15, 0.2) is 11.6 Å². The van der Waals surface area contributed by atoms with Crippen molar-refractivity contribution in [2.45, 2.75) is 38.4 Å². The summed E-state index contributed by atoms with van der Waals surface area (Å²) in [6, 6.07) is 0. The quantitative estimate of drug-likeness (QED) is 0.707. The topological polar surface area (TPSA) is 20.2 Å². The molecular weight excluding hydrogens is 180 g/mol. The first-order chi connectivity index (χ1) is 6.07. The van der Waals surface area contributed by atoms with Crippen molar-refractivity contribution in [1.29, 1.82) is 0 Å². The molecule has 13 heavy (non-hydrogen) atoms. The zero-order chi connectivity index (χ0) is 9.90. The van der Waals surface area contributed by atoms with E-state index in [2.05, 4.69) is 26.8 Å². The smallest absolute Gasteiger partial charge is 0.0644 e. The van der Waals surface area contributed by atoms with Crippen molar-refractivity contribution in [3.63, 3.8) is 0 Å². The minimum atomic E-state index is 0.216. The van der Waals surface area contributed by atoms with Crippen LogP contribution in [0.25, 0.3) is 0 Å². The summed E-state index contributed by atoms with van der Waals surface area (Å²) in [6.45, 7) is 6.78. The lowest BCUT2D eigenvalue weighted by atomic mass is 9.96. The van der Waals surface area contributed by atoms with E-state index in [9.17, 15) is 5.11 Å². The molecule has 1 rings (SSSR count). The van der Waals surface area contributed by atoms with Gasteiger partial charge in [0.25, 0.3) is 0 Å². The molecule has 1 aliphatic heterocycles. The molecule has 1 saturated heterocycles. The van der Waals surface area contributed by atoms with E-state index in [1.165, 1.54) is 24.2 Å². The van der Waals surface area contributed by atoms with E-state index in [1.807, 2.05) is 11.8 Å². The molecule has 1 fully saturated rings. The first kappa shape index (κ1) is 11.1. The zero-order valence-electron chi connectivity index (χ0n) is 8.84. The number of aliphatic hydroxyl groups excluding tert-OH is 1. The highest BCUT2D eigenvalue weighted by molar-refractivity contribution is 8.01. The average Bonchev–Trinajstić information content (AvgIpc) is 2.48. The minimum absolute atomic E-state index is 0.216. The number of thioether (sulfide) groups is 1. The predicted octanol–water partition coefficient (Wildman–Crippen LogP) is 2.85. The minimum Gasteiger partial charge on any atom is -0.392 e. The molecule has 0 aromatic rings. The molecule has 0 aromatic heterocycles. The third kappa shape index (κ3) is 3.03. The van der Waals surface area contributed by atoms with Gasteiger partial charge in [-0.05, 0) is 37.0 Å². The van der Waals surface area contributed by atoms with Crippen LogP contribution in [0.5, 0.6) is 0 Å². The van der Waals surface area contributed by atoms with Crippen molar-refractivity contribution >= 4 is 11.8 Å². The van der Waals surface area contributed by atoms with Gasteiger partial charge in [0, 0.05) is 4.75 Å². The number of rotatable bonds is 3.